The van der Waals surface area contributed by atoms with Crippen LogP contribution in [0.1, 0.15) is 27.6 Å². The van der Waals surface area contributed by atoms with Crippen LogP contribution in [-0.4, -0.2) is 50.7 Å². The Morgan fingerprint density at radius 2 is 1.46 bits per heavy atom. The number of nitrogens with two attached hydrogens (primary N) is 1. The molecule has 0 heterocycles. The Bertz CT molecular complexity index is 794. The van der Waals surface area contributed by atoms with Crippen molar-refractivity contribution in [2.75, 3.05) is 5.73 Å². The van der Waals surface area contributed by atoms with E-state index in [0.29, 0.717) is 5.69 Å². The number of anilines is 1. The van der Waals surface area contributed by atoms with E-state index in [1.54, 1.807) is 12.1 Å². The fourth-order valence-electron chi connectivity index (χ4n) is 1.68. The van der Waals surface area contributed by atoms with E-state index in [-0.39, 0.29) is 40.0 Å². The minimum Gasteiger partial charge on any atom is -0.478 e. The smallest absolute Gasteiger partial charge is 0.339 e. The minimum absolute atomic E-state index is 0. The van der Waals surface area contributed by atoms with Crippen molar-refractivity contribution >= 4 is 41.0 Å². The number of benzene rings is 2. The predicted molar refractivity (Wildman–Crippen MR) is 91.5 cm³/mol. The molecule has 2 aromatic rings. The van der Waals surface area contributed by atoms with Crippen LogP contribution in [0.3, 0.4) is 0 Å². The van der Waals surface area contributed by atoms with Gasteiger partial charge in [-0.1, -0.05) is 12.1 Å². The lowest BCUT2D eigenvalue weighted by Gasteiger charge is -2.03. The van der Waals surface area contributed by atoms with Gasteiger partial charge in [-0.05, 0) is 24.3 Å². The van der Waals surface area contributed by atoms with Gasteiger partial charge in [0.2, 0.25) is 0 Å². The van der Waals surface area contributed by atoms with Gasteiger partial charge < -0.3 is 25.6 Å². The summed E-state index contributed by atoms with van der Waals surface area (Å²) in [5.41, 5.74) is 5.49. The molecule has 0 aliphatic carbocycles. The van der Waals surface area contributed by atoms with Gasteiger partial charge in [-0.15, -0.1) is 0 Å². The number of carboxylic acid groups (broad SMARTS) is 2. The SMILES string of the molecule is CC(=O)Oc1ccccc1C(=O)O.Nc1ccc(C(=O)O)c(OO)c1.[Al]. The summed E-state index contributed by atoms with van der Waals surface area (Å²) in [4.78, 5) is 35.5. The topological polar surface area (TPSA) is 156 Å². The van der Waals surface area contributed by atoms with E-state index >= 15 is 0 Å². The molecule has 0 saturated heterocycles. The van der Waals surface area contributed by atoms with Crippen LogP contribution < -0.4 is 15.4 Å². The Morgan fingerprint density at radius 3 is 1.96 bits per heavy atom. The maximum absolute atomic E-state index is 10.6. The number of carboxylic acids is 2. The Morgan fingerprint density at radius 1 is 0.923 bits per heavy atom. The first-order chi connectivity index (χ1) is 11.8. The van der Waals surface area contributed by atoms with Crippen molar-refractivity contribution in [3.63, 3.8) is 0 Å². The van der Waals surface area contributed by atoms with Gasteiger partial charge >= 0.3 is 17.9 Å². The highest BCUT2D eigenvalue weighted by atomic mass is 27.0. The standard InChI is InChI=1S/C9H8O4.C7H7NO4.Al/c1-6(10)13-8-5-3-2-4-7(8)9(11)12;8-4-1-2-5(7(9)10)6(3-4)12-11;/h2-5H,1H3,(H,11,12);1-3,11H,8H2,(H,9,10);. The van der Waals surface area contributed by atoms with Crippen LogP contribution in [0.25, 0.3) is 0 Å². The van der Waals surface area contributed by atoms with Gasteiger partial charge in [0.15, 0.2) is 5.75 Å². The summed E-state index contributed by atoms with van der Waals surface area (Å²) in [5.74, 6) is -2.92. The Labute approximate surface area is 158 Å². The molecule has 0 spiro atoms. The summed E-state index contributed by atoms with van der Waals surface area (Å²) in [6.07, 6.45) is 0. The number of hydrogen-bond acceptors (Lipinski definition) is 7. The fraction of sp³-hybridized carbons (Fsp3) is 0.0625. The molecule has 9 nitrogen and oxygen atoms in total. The van der Waals surface area contributed by atoms with E-state index in [4.69, 9.17) is 21.2 Å². The van der Waals surface area contributed by atoms with Gasteiger partial charge in [-0.25, -0.2) is 14.8 Å². The molecule has 3 radical (unpaired) electrons. The first-order valence-electron chi connectivity index (χ1n) is 6.71. The highest BCUT2D eigenvalue weighted by molar-refractivity contribution is 5.92. The molecule has 5 N–H and O–H groups in total. The maximum atomic E-state index is 10.6. The van der Waals surface area contributed by atoms with Crippen LogP contribution in [0, 0.1) is 0 Å². The van der Waals surface area contributed by atoms with Gasteiger partial charge in [0.05, 0.1) is 0 Å². The number of esters is 1. The van der Waals surface area contributed by atoms with Gasteiger partial charge in [0, 0.05) is 36.0 Å². The minimum atomic E-state index is -1.18. The number of carbonyl (C=O) groups excluding carboxylic acids is 1. The molecule has 0 amide bonds. The summed E-state index contributed by atoms with van der Waals surface area (Å²) >= 11 is 0. The van der Waals surface area contributed by atoms with E-state index in [1.807, 2.05) is 0 Å². The quantitative estimate of drug-likeness (QED) is 0.156. The number of nitrogen functional groups attached to an aromatic ring is 1. The molecule has 135 valence electrons. The lowest BCUT2D eigenvalue weighted by Crippen LogP contribution is -2.06. The van der Waals surface area contributed by atoms with Gasteiger partial charge in [0.25, 0.3) is 0 Å². The second-order valence-corrected chi connectivity index (χ2v) is 4.55. The van der Waals surface area contributed by atoms with Gasteiger partial charge in [-0.2, -0.15) is 0 Å². The van der Waals surface area contributed by atoms with Crippen LogP contribution in [0.15, 0.2) is 42.5 Å². The average Bonchev–Trinajstić information content (AvgIpc) is 2.54. The lowest BCUT2D eigenvalue weighted by molar-refractivity contribution is -0.138. The highest BCUT2D eigenvalue weighted by Crippen LogP contribution is 2.21. The van der Waals surface area contributed by atoms with E-state index in [2.05, 4.69) is 9.62 Å². The van der Waals surface area contributed by atoms with Crippen molar-refractivity contribution in [3.8, 4) is 11.5 Å². The van der Waals surface area contributed by atoms with Crippen molar-refractivity contribution in [1.82, 2.24) is 0 Å². The van der Waals surface area contributed by atoms with Gasteiger partial charge in [-0.3, -0.25) is 4.79 Å². The molecule has 0 aliphatic rings. The Balaban J connectivity index is 0.000000464. The molecule has 0 aliphatic heterocycles. The third-order valence-corrected chi connectivity index (χ3v) is 2.71. The molecule has 0 aromatic heterocycles. The molecular formula is C16H15AlNO8. The summed E-state index contributed by atoms with van der Waals surface area (Å²) in [6, 6.07) is 9.87. The maximum Gasteiger partial charge on any atom is 0.339 e. The molecule has 2 aromatic carbocycles. The zero-order chi connectivity index (χ0) is 19.0. The predicted octanol–water partition coefficient (Wildman–Crippen LogP) is 1.75. The molecule has 2 rings (SSSR count). The number of hydrogen-bond donors (Lipinski definition) is 4. The second-order valence-electron chi connectivity index (χ2n) is 4.55. The van der Waals surface area contributed by atoms with E-state index < -0.39 is 17.9 Å². The molecular weight excluding hydrogens is 361 g/mol. The first-order valence-corrected chi connectivity index (χ1v) is 6.71. The average molecular weight is 376 g/mol. The Hall–Kier alpha value is -3.06. The van der Waals surface area contributed by atoms with E-state index in [9.17, 15) is 14.4 Å². The molecule has 26 heavy (non-hydrogen) atoms. The molecule has 0 unspecified atom stereocenters. The summed E-state index contributed by atoms with van der Waals surface area (Å²) in [5, 5.41) is 25.5. The molecule has 0 bridgehead atoms. The van der Waals surface area contributed by atoms with Crippen LogP contribution in [-0.2, 0) is 4.79 Å². The first kappa shape index (κ1) is 22.9. The number of rotatable bonds is 4. The second kappa shape index (κ2) is 10.7. The molecule has 0 saturated carbocycles. The van der Waals surface area contributed by atoms with Crippen molar-refractivity contribution < 1.29 is 39.5 Å². The third-order valence-electron chi connectivity index (χ3n) is 2.71. The zero-order valence-electron chi connectivity index (χ0n) is 13.6. The van der Waals surface area contributed by atoms with Crippen molar-refractivity contribution in [2.24, 2.45) is 0 Å². The highest BCUT2D eigenvalue weighted by Gasteiger charge is 2.11. The molecule has 0 atom stereocenters. The van der Waals surface area contributed by atoms with Gasteiger partial charge in [0.1, 0.15) is 16.9 Å². The van der Waals surface area contributed by atoms with Crippen LogP contribution in [0.2, 0.25) is 0 Å². The zero-order valence-corrected chi connectivity index (χ0v) is 14.7. The van der Waals surface area contributed by atoms with Crippen LogP contribution in [0.4, 0.5) is 5.69 Å². The van der Waals surface area contributed by atoms with Crippen molar-refractivity contribution in [1.29, 1.82) is 0 Å². The number of aromatic carboxylic acids is 2. The van der Waals surface area contributed by atoms with Crippen molar-refractivity contribution in [2.45, 2.75) is 6.92 Å². The lowest BCUT2D eigenvalue weighted by atomic mass is 10.2. The fourth-order valence-corrected chi connectivity index (χ4v) is 1.68. The number of para-hydroxylation sites is 1. The van der Waals surface area contributed by atoms with Crippen molar-refractivity contribution in [3.05, 3.63) is 53.6 Å². The number of ether oxygens (including phenoxy) is 1. The van der Waals surface area contributed by atoms with Crippen LogP contribution in [0.5, 0.6) is 11.5 Å². The summed E-state index contributed by atoms with van der Waals surface area (Å²) in [6.45, 7) is 1.22. The normalized spacial score (nSPS) is 9.00. The van der Waals surface area contributed by atoms with E-state index in [1.165, 1.54) is 37.3 Å². The monoisotopic (exact) mass is 376 g/mol. The Kier molecular flexibility index (Phi) is 9.47. The molecule has 0 fully saturated rings. The molecule has 10 heteroatoms. The summed E-state index contributed by atoms with van der Waals surface area (Å²) < 4.78 is 4.69. The van der Waals surface area contributed by atoms with Crippen LogP contribution >= 0.6 is 0 Å². The van der Waals surface area contributed by atoms with E-state index in [0.717, 1.165) is 0 Å². The number of carbonyl (C=O) groups is 3. The largest absolute Gasteiger partial charge is 0.478 e. The third kappa shape index (κ3) is 6.82. The summed E-state index contributed by atoms with van der Waals surface area (Å²) in [7, 11) is 0.